The Morgan fingerprint density at radius 3 is 1.59 bits per heavy atom. The van der Waals surface area contributed by atoms with Crippen molar-refractivity contribution in [3.8, 4) is 0 Å². The molecule has 2 N–H and O–H groups in total. The maximum atomic E-state index is 6.28. The summed E-state index contributed by atoms with van der Waals surface area (Å²) in [6.07, 6.45) is 1.03. The second-order valence-corrected chi connectivity index (χ2v) is 4.34. The van der Waals surface area contributed by atoms with Crippen LogP contribution in [-0.4, -0.2) is 0 Å². The van der Waals surface area contributed by atoms with Crippen LogP contribution in [0, 0.1) is 0 Å². The summed E-state index contributed by atoms with van der Waals surface area (Å²) in [5, 5.41) is 4.91. The largest absolute Gasteiger partial charge is 0.398 e. The van der Waals surface area contributed by atoms with E-state index < -0.39 is 0 Å². The van der Waals surface area contributed by atoms with E-state index in [4.69, 9.17) is 5.73 Å². The Morgan fingerprint density at radius 1 is 0.765 bits per heavy atom. The van der Waals surface area contributed by atoms with Crippen molar-refractivity contribution < 1.29 is 0 Å². The second kappa shape index (κ2) is 3.77. The van der Waals surface area contributed by atoms with Crippen LogP contribution >= 0.6 is 0 Å². The molecule has 3 rings (SSSR count). The maximum Gasteiger partial charge on any atom is 0.0473 e. The van der Waals surface area contributed by atoms with Gasteiger partial charge in [-0.1, -0.05) is 55.5 Å². The Hall–Kier alpha value is -2.02. The van der Waals surface area contributed by atoms with Crippen molar-refractivity contribution in [3.05, 3.63) is 54.1 Å². The molecule has 0 aliphatic rings. The van der Waals surface area contributed by atoms with Crippen LogP contribution in [0.3, 0.4) is 0 Å². The lowest BCUT2D eigenvalue weighted by Crippen LogP contribution is -1.94. The second-order valence-electron chi connectivity index (χ2n) is 4.34. The molecule has 3 aromatic carbocycles. The van der Waals surface area contributed by atoms with Crippen molar-refractivity contribution in [3.63, 3.8) is 0 Å². The molecule has 1 heteroatoms. The third-order valence-electron chi connectivity index (χ3n) is 3.44. The number of fused-ring (bicyclic) bond motifs is 2. The van der Waals surface area contributed by atoms with Crippen LogP contribution in [0.1, 0.15) is 12.5 Å². The predicted octanol–water partition coefficient (Wildman–Crippen LogP) is 4.14. The van der Waals surface area contributed by atoms with Crippen molar-refractivity contribution >= 4 is 27.2 Å². The minimum Gasteiger partial charge on any atom is -0.398 e. The Morgan fingerprint density at radius 2 is 1.18 bits per heavy atom. The number of benzene rings is 3. The monoisotopic (exact) mass is 221 g/mol. The summed E-state index contributed by atoms with van der Waals surface area (Å²) >= 11 is 0. The highest BCUT2D eigenvalue weighted by Gasteiger charge is 2.09. The van der Waals surface area contributed by atoms with E-state index in [1.807, 2.05) is 12.1 Å². The van der Waals surface area contributed by atoms with E-state index in [1.54, 1.807) is 0 Å². The number of anilines is 1. The minimum absolute atomic E-state index is 0.897. The van der Waals surface area contributed by atoms with Gasteiger partial charge in [-0.25, -0.2) is 0 Å². The van der Waals surface area contributed by atoms with Crippen molar-refractivity contribution in [2.24, 2.45) is 0 Å². The first-order valence-corrected chi connectivity index (χ1v) is 6.00. The van der Waals surface area contributed by atoms with Gasteiger partial charge in [0.1, 0.15) is 0 Å². The summed E-state index contributed by atoms with van der Waals surface area (Å²) < 4.78 is 0. The van der Waals surface area contributed by atoms with Crippen LogP contribution in [0.4, 0.5) is 5.69 Å². The summed E-state index contributed by atoms with van der Waals surface area (Å²) in [7, 11) is 0. The predicted molar refractivity (Wildman–Crippen MR) is 75.2 cm³/mol. The van der Waals surface area contributed by atoms with Crippen LogP contribution in [-0.2, 0) is 6.42 Å². The first-order chi connectivity index (χ1) is 8.33. The van der Waals surface area contributed by atoms with Crippen LogP contribution in [0.2, 0.25) is 0 Å². The lowest BCUT2D eigenvalue weighted by Gasteiger charge is -2.12. The molecule has 3 aromatic rings. The van der Waals surface area contributed by atoms with Gasteiger partial charge < -0.3 is 5.73 Å². The Bertz CT molecular complexity index is 641. The van der Waals surface area contributed by atoms with Crippen molar-refractivity contribution in [1.29, 1.82) is 0 Å². The van der Waals surface area contributed by atoms with Crippen LogP contribution in [0.25, 0.3) is 21.5 Å². The molecule has 0 bridgehead atoms. The highest BCUT2D eigenvalue weighted by atomic mass is 14.6. The molecule has 0 fully saturated rings. The topological polar surface area (TPSA) is 26.0 Å². The summed E-state index contributed by atoms with van der Waals surface area (Å²) in [6, 6.07) is 16.8. The molecule has 0 heterocycles. The van der Waals surface area contributed by atoms with Crippen molar-refractivity contribution in [1.82, 2.24) is 0 Å². The zero-order valence-corrected chi connectivity index (χ0v) is 9.90. The summed E-state index contributed by atoms with van der Waals surface area (Å²) in [5.74, 6) is 0. The van der Waals surface area contributed by atoms with E-state index in [9.17, 15) is 0 Å². The molecule has 0 saturated carbocycles. The highest BCUT2D eigenvalue weighted by molar-refractivity contribution is 6.12. The summed E-state index contributed by atoms with van der Waals surface area (Å²) in [4.78, 5) is 0. The fraction of sp³-hybridized carbons (Fsp3) is 0.125. The molecular weight excluding hydrogens is 206 g/mol. The Balaban J connectivity index is 2.63. The smallest absolute Gasteiger partial charge is 0.0473 e. The molecule has 0 amide bonds. The fourth-order valence-electron chi connectivity index (χ4n) is 2.63. The van der Waals surface area contributed by atoms with Gasteiger partial charge in [0, 0.05) is 16.5 Å². The molecule has 0 atom stereocenters. The Kier molecular flexibility index (Phi) is 2.25. The molecule has 0 radical (unpaired) electrons. The molecule has 0 spiro atoms. The van der Waals surface area contributed by atoms with Gasteiger partial charge >= 0.3 is 0 Å². The molecule has 0 unspecified atom stereocenters. The number of rotatable bonds is 1. The third kappa shape index (κ3) is 1.39. The zero-order chi connectivity index (χ0) is 11.8. The van der Waals surface area contributed by atoms with Crippen molar-refractivity contribution in [2.45, 2.75) is 13.3 Å². The molecule has 17 heavy (non-hydrogen) atoms. The average molecular weight is 221 g/mol. The molecule has 0 aliphatic carbocycles. The molecule has 0 saturated heterocycles. The van der Waals surface area contributed by atoms with Crippen molar-refractivity contribution in [2.75, 3.05) is 5.73 Å². The van der Waals surface area contributed by atoms with Gasteiger partial charge in [0.2, 0.25) is 0 Å². The van der Waals surface area contributed by atoms with E-state index in [0.29, 0.717) is 0 Å². The van der Waals surface area contributed by atoms with Crippen LogP contribution < -0.4 is 5.73 Å². The first kappa shape index (κ1) is 10.2. The molecule has 1 nitrogen and oxygen atoms in total. The van der Waals surface area contributed by atoms with Gasteiger partial charge in [-0.2, -0.15) is 0 Å². The van der Waals surface area contributed by atoms with Gasteiger partial charge in [0.05, 0.1) is 0 Å². The van der Waals surface area contributed by atoms with E-state index in [2.05, 4.69) is 43.3 Å². The maximum absolute atomic E-state index is 6.28. The van der Waals surface area contributed by atoms with E-state index in [0.717, 1.165) is 12.1 Å². The van der Waals surface area contributed by atoms with Gasteiger partial charge in [-0.15, -0.1) is 0 Å². The molecule has 0 aliphatic heterocycles. The van der Waals surface area contributed by atoms with E-state index in [1.165, 1.54) is 27.1 Å². The normalized spacial score (nSPS) is 11.1. The highest BCUT2D eigenvalue weighted by Crippen LogP contribution is 2.34. The first-order valence-electron chi connectivity index (χ1n) is 6.00. The molecule has 0 aromatic heterocycles. The average Bonchev–Trinajstić information content (AvgIpc) is 2.40. The van der Waals surface area contributed by atoms with Crippen LogP contribution in [0.5, 0.6) is 0 Å². The lowest BCUT2D eigenvalue weighted by molar-refractivity contribution is 1.18. The summed E-state index contributed by atoms with van der Waals surface area (Å²) in [6.45, 7) is 2.20. The lowest BCUT2D eigenvalue weighted by atomic mass is 9.94. The molecule has 84 valence electrons. The Labute approximate surface area is 101 Å². The number of nitrogen functional groups attached to an aromatic ring is 1. The third-order valence-corrected chi connectivity index (χ3v) is 3.44. The summed E-state index contributed by atoms with van der Waals surface area (Å²) in [5.41, 5.74) is 8.57. The fourth-order valence-corrected chi connectivity index (χ4v) is 2.63. The van der Waals surface area contributed by atoms with E-state index in [-0.39, 0.29) is 0 Å². The number of aryl methyl sites for hydroxylation is 1. The van der Waals surface area contributed by atoms with Gasteiger partial charge in [0.15, 0.2) is 0 Å². The van der Waals surface area contributed by atoms with Gasteiger partial charge in [-0.05, 0) is 22.8 Å². The zero-order valence-electron chi connectivity index (χ0n) is 9.90. The standard InChI is InChI=1S/C16H15N/c1-2-11-12-7-3-5-9-14(12)16(17)15-10-6-4-8-13(11)15/h3-10H,2,17H2,1H3. The van der Waals surface area contributed by atoms with E-state index >= 15 is 0 Å². The molecular formula is C16H15N. The van der Waals surface area contributed by atoms with Crippen LogP contribution in [0.15, 0.2) is 48.5 Å². The van der Waals surface area contributed by atoms with Gasteiger partial charge in [0.25, 0.3) is 0 Å². The quantitative estimate of drug-likeness (QED) is 0.485. The van der Waals surface area contributed by atoms with Gasteiger partial charge in [-0.3, -0.25) is 0 Å². The number of hydrogen-bond acceptors (Lipinski definition) is 1. The number of hydrogen-bond donors (Lipinski definition) is 1. The SMILES string of the molecule is CCc1c2ccccc2c(N)c2ccccc12. The minimum atomic E-state index is 0.897. The number of nitrogens with two attached hydrogens (primary N) is 1.